The molecule has 3 fully saturated rings. The molecule has 0 spiro atoms. The van der Waals surface area contributed by atoms with Crippen LogP contribution in [-0.2, 0) is 0 Å². The summed E-state index contributed by atoms with van der Waals surface area (Å²) in [5, 5.41) is 7.56. The molecule has 0 aromatic rings. The second-order valence-electron chi connectivity index (χ2n) is 6.29. The zero-order valence-corrected chi connectivity index (χ0v) is 10.5. The van der Waals surface area contributed by atoms with Gasteiger partial charge in [0.2, 0.25) is 0 Å². The molecule has 2 heteroatoms. The van der Waals surface area contributed by atoms with Crippen molar-refractivity contribution >= 4 is 0 Å². The molecule has 0 aromatic heterocycles. The fraction of sp³-hybridized carbons (Fsp3) is 1.00. The molecule has 2 atom stereocenters. The van der Waals surface area contributed by atoms with Crippen molar-refractivity contribution in [1.82, 2.24) is 10.6 Å². The molecule has 0 radical (unpaired) electrons. The molecule has 1 heterocycles. The summed E-state index contributed by atoms with van der Waals surface area (Å²) < 4.78 is 0. The molecule has 3 rings (SSSR count). The summed E-state index contributed by atoms with van der Waals surface area (Å²) in [5.41, 5.74) is 0. The first-order chi connectivity index (χ1) is 7.84. The number of piperidine rings is 1. The number of hydrogen-bond donors (Lipinski definition) is 2. The van der Waals surface area contributed by atoms with E-state index >= 15 is 0 Å². The Labute approximate surface area is 99.6 Å². The van der Waals surface area contributed by atoms with Crippen molar-refractivity contribution in [2.45, 2.75) is 57.5 Å². The predicted octanol–water partition coefficient (Wildman–Crippen LogP) is 2.15. The molecule has 2 aliphatic carbocycles. The molecular formula is C14H26N2. The molecule has 1 aliphatic heterocycles. The summed E-state index contributed by atoms with van der Waals surface area (Å²) in [6.45, 7) is 4.84. The number of rotatable bonds is 5. The van der Waals surface area contributed by atoms with Crippen molar-refractivity contribution in [2.75, 3.05) is 13.1 Å². The summed E-state index contributed by atoms with van der Waals surface area (Å²) in [6.07, 6.45) is 8.73. The average Bonchev–Trinajstić information content (AvgIpc) is 3.15. The molecule has 2 unspecified atom stereocenters. The Kier molecular flexibility index (Phi) is 3.21. The summed E-state index contributed by atoms with van der Waals surface area (Å²) in [6, 6.07) is 1.60. The van der Waals surface area contributed by atoms with Crippen molar-refractivity contribution < 1.29 is 0 Å². The van der Waals surface area contributed by atoms with Crippen LogP contribution in [-0.4, -0.2) is 25.2 Å². The largest absolute Gasteiger partial charge is 0.312 e. The lowest BCUT2D eigenvalue weighted by atomic mass is 9.92. The third kappa shape index (κ3) is 2.60. The van der Waals surface area contributed by atoms with Gasteiger partial charge in [-0.15, -0.1) is 0 Å². The van der Waals surface area contributed by atoms with Crippen molar-refractivity contribution in [2.24, 2.45) is 17.8 Å². The van der Waals surface area contributed by atoms with E-state index in [1.807, 2.05) is 0 Å². The van der Waals surface area contributed by atoms with Crippen molar-refractivity contribution in [3.8, 4) is 0 Å². The third-order valence-corrected chi connectivity index (χ3v) is 4.76. The van der Waals surface area contributed by atoms with E-state index < -0.39 is 0 Å². The first-order valence-corrected chi connectivity index (χ1v) is 7.31. The maximum Gasteiger partial charge on any atom is 0.0218 e. The topological polar surface area (TPSA) is 24.1 Å². The molecule has 0 amide bonds. The normalized spacial score (nSPS) is 35.6. The minimum Gasteiger partial charge on any atom is -0.312 e. The lowest BCUT2D eigenvalue weighted by Crippen LogP contribution is -2.49. The third-order valence-electron chi connectivity index (χ3n) is 4.76. The van der Waals surface area contributed by atoms with Gasteiger partial charge >= 0.3 is 0 Å². The lowest BCUT2D eigenvalue weighted by Gasteiger charge is -2.32. The standard InChI is InChI=1S/C14H26N2/c1-10-3-2-8-15-13(10)9-16-14(11-4-5-11)12-6-7-12/h10-16H,2-9H2,1H3. The highest BCUT2D eigenvalue weighted by Crippen LogP contribution is 2.44. The molecule has 0 bridgehead atoms. The fourth-order valence-electron chi connectivity index (χ4n) is 3.28. The minimum absolute atomic E-state index is 0.730. The monoisotopic (exact) mass is 222 g/mol. The second-order valence-corrected chi connectivity index (χ2v) is 6.29. The molecule has 0 aromatic carbocycles. The van der Waals surface area contributed by atoms with Crippen LogP contribution in [0.1, 0.15) is 45.4 Å². The first-order valence-electron chi connectivity index (χ1n) is 7.31. The molecule has 3 aliphatic rings. The van der Waals surface area contributed by atoms with Gasteiger partial charge in [0, 0.05) is 18.6 Å². The second kappa shape index (κ2) is 4.66. The highest BCUT2D eigenvalue weighted by molar-refractivity contribution is 4.97. The summed E-state index contributed by atoms with van der Waals surface area (Å²) in [4.78, 5) is 0. The van der Waals surface area contributed by atoms with Gasteiger partial charge < -0.3 is 10.6 Å². The van der Waals surface area contributed by atoms with Crippen LogP contribution in [0, 0.1) is 17.8 Å². The Morgan fingerprint density at radius 1 is 1.12 bits per heavy atom. The lowest BCUT2D eigenvalue weighted by molar-refractivity contribution is 0.272. The van der Waals surface area contributed by atoms with Crippen LogP contribution in [0.4, 0.5) is 0 Å². The predicted molar refractivity (Wildman–Crippen MR) is 67.4 cm³/mol. The average molecular weight is 222 g/mol. The quantitative estimate of drug-likeness (QED) is 0.745. The van der Waals surface area contributed by atoms with Crippen molar-refractivity contribution in [3.05, 3.63) is 0 Å². The summed E-state index contributed by atoms with van der Waals surface area (Å²) in [5.74, 6) is 2.93. The Bertz CT molecular complexity index is 221. The van der Waals surface area contributed by atoms with Gasteiger partial charge in [0.25, 0.3) is 0 Å². The Balaban J connectivity index is 1.46. The molecule has 2 saturated carbocycles. The Hall–Kier alpha value is -0.0800. The van der Waals surface area contributed by atoms with Gasteiger partial charge in [-0.3, -0.25) is 0 Å². The van der Waals surface area contributed by atoms with Crippen LogP contribution >= 0.6 is 0 Å². The maximum absolute atomic E-state index is 3.88. The van der Waals surface area contributed by atoms with E-state index in [-0.39, 0.29) is 0 Å². The van der Waals surface area contributed by atoms with Crippen LogP contribution in [0.3, 0.4) is 0 Å². The molecule has 1 saturated heterocycles. The summed E-state index contributed by atoms with van der Waals surface area (Å²) >= 11 is 0. The van der Waals surface area contributed by atoms with Crippen LogP contribution in [0.15, 0.2) is 0 Å². The first kappa shape index (κ1) is 11.0. The van der Waals surface area contributed by atoms with Gasteiger partial charge in [-0.2, -0.15) is 0 Å². The molecule has 16 heavy (non-hydrogen) atoms. The minimum atomic E-state index is 0.730. The molecule has 2 nitrogen and oxygen atoms in total. The number of hydrogen-bond acceptors (Lipinski definition) is 2. The Morgan fingerprint density at radius 3 is 2.38 bits per heavy atom. The van der Waals surface area contributed by atoms with E-state index in [0.29, 0.717) is 0 Å². The SMILES string of the molecule is CC1CCCNC1CNC(C1CC1)C1CC1. The zero-order valence-electron chi connectivity index (χ0n) is 10.5. The van der Waals surface area contributed by atoms with Gasteiger partial charge in [-0.25, -0.2) is 0 Å². The molecular weight excluding hydrogens is 196 g/mol. The Morgan fingerprint density at radius 2 is 1.81 bits per heavy atom. The van der Waals surface area contributed by atoms with E-state index in [1.54, 1.807) is 0 Å². The van der Waals surface area contributed by atoms with Crippen LogP contribution < -0.4 is 10.6 Å². The van der Waals surface area contributed by atoms with E-state index in [4.69, 9.17) is 0 Å². The highest BCUT2D eigenvalue weighted by atomic mass is 15.0. The van der Waals surface area contributed by atoms with Gasteiger partial charge in [0.1, 0.15) is 0 Å². The molecule has 2 N–H and O–H groups in total. The van der Waals surface area contributed by atoms with Gasteiger partial charge in [-0.1, -0.05) is 6.92 Å². The van der Waals surface area contributed by atoms with Gasteiger partial charge in [0.05, 0.1) is 0 Å². The van der Waals surface area contributed by atoms with Crippen LogP contribution in [0.25, 0.3) is 0 Å². The maximum atomic E-state index is 3.88. The van der Waals surface area contributed by atoms with E-state index in [0.717, 1.165) is 29.8 Å². The van der Waals surface area contributed by atoms with Crippen molar-refractivity contribution in [3.63, 3.8) is 0 Å². The van der Waals surface area contributed by atoms with E-state index in [9.17, 15) is 0 Å². The smallest absolute Gasteiger partial charge is 0.0218 e. The number of nitrogens with one attached hydrogen (secondary N) is 2. The van der Waals surface area contributed by atoms with Crippen LogP contribution in [0.2, 0.25) is 0 Å². The van der Waals surface area contributed by atoms with Gasteiger partial charge in [0.15, 0.2) is 0 Å². The van der Waals surface area contributed by atoms with E-state index in [1.165, 1.54) is 51.6 Å². The zero-order chi connectivity index (χ0) is 11.0. The highest BCUT2D eigenvalue weighted by Gasteiger charge is 2.41. The molecule has 92 valence electrons. The van der Waals surface area contributed by atoms with E-state index in [2.05, 4.69) is 17.6 Å². The fourth-order valence-corrected chi connectivity index (χ4v) is 3.28. The van der Waals surface area contributed by atoms with Gasteiger partial charge in [-0.05, 0) is 62.8 Å². The summed E-state index contributed by atoms with van der Waals surface area (Å²) in [7, 11) is 0. The van der Waals surface area contributed by atoms with Crippen molar-refractivity contribution in [1.29, 1.82) is 0 Å². The van der Waals surface area contributed by atoms with Crippen LogP contribution in [0.5, 0.6) is 0 Å².